The van der Waals surface area contributed by atoms with Crippen LogP contribution in [0.4, 0.5) is 13.2 Å². The molecule has 1 rings (SSSR count). The Morgan fingerprint density at radius 3 is 2.50 bits per heavy atom. The summed E-state index contributed by atoms with van der Waals surface area (Å²) in [5.41, 5.74) is -0.207. The summed E-state index contributed by atoms with van der Waals surface area (Å²) in [6.07, 6.45) is -3.38. The van der Waals surface area contributed by atoms with Crippen LogP contribution >= 0.6 is 11.8 Å². The van der Waals surface area contributed by atoms with Crippen LogP contribution in [-0.4, -0.2) is 12.3 Å². The number of nitrogens with one attached hydrogen (secondary N) is 1. The highest BCUT2D eigenvalue weighted by molar-refractivity contribution is 7.99. The highest BCUT2D eigenvalue weighted by Crippen LogP contribution is 2.34. The van der Waals surface area contributed by atoms with Crippen LogP contribution in [-0.2, 0) is 12.7 Å². The summed E-state index contributed by atoms with van der Waals surface area (Å²) in [6, 6.07) is 4.58. The molecule has 0 fully saturated rings. The van der Waals surface area contributed by atoms with Crippen LogP contribution in [0.25, 0.3) is 0 Å². The molecule has 0 aliphatic carbocycles. The van der Waals surface area contributed by atoms with E-state index in [-0.39, 0.29) is 6.54 Å². The summed E-state index contributed by atoms with van der Waals surface area (Å²) >= 11 is 1.42. The third-order valence-electron chi connectivity index (χ3n) is 2.44. The molecule has 0 bridgehead atoms. The lowest BCUT2D eigenvalue weighted by atomic mass is 10.1. The van der Waals surface area contributed by atoms with E-state index in [9.17, 15) is 13.2 Å². The number of hydrogen-bond acceptors (Lipinski definition) is 2. The van der Waals surface area contributed by atoms with Crippen molar-refractivity contribution in [2.24, 2.45) is 0 Å². The third-order valence-corrected chi connectivity index (χ3v) is 3.32. The molecule has 0 saturated heterocycles. The smallest absolute Gasteiger partial charge is 0.313 e. The summed E-state index contributed by atoms with van der Waals surface area (Å²) < 4.78 is 38.8. The molecular weight excluding hydrogens is 259 g/mol. The van der Waals surface area contributed by atoms with Gasteiger partial charge in [-0.2, -0.15) is 13.2 Å². The first-order valence-corrected chi connectivity index (χ1v) is 7.01. The highest BCUT2D eigenvalue weighted by atomic mass is 32.2. The molecule has 0 aromatic heterocycles. The average molecular weight is 277 g/mol. The van der Waals surface area contributed by atoms with Crippen molar-refractivity contribution >= 4 is 11.8 Å². The molecular formula is C13H18F3NS. The molecule has 1 nitrogen and oxygen atoms in total. The van der Waals surface area contributed by atoms with Crippen molar-refractivity contribution < 1.29 is 13.2 Å². The predicted octanol–water partition coefficient (Wildman–Crippen LogP) is 4.32. The highest BCUT2D eigenvalue weighted by Gasteiger charge is 2.33. The summed E-state index contributed by atoms with van der Waals surface area (Å²) in [5.74, 6) is 0.769. The van der Waals surface area contributed by atoms with Crippen molar-refractivity contribution in [2.75, 3.05) is 12.3 Å². The van der Waals surface area contributed by atoms with E-state index < -0.39 is 11.7 Å². The lowest BCUT2D eigenvalue weighted by Gasteiger charge is -2.14. The first-order valence-electron chi connectivity index (χ1n) is 6.02. The maximum Gasteiger partial charge on any atom is 0.416 e. The largest absolute Gasteiger partial charge is 0.416 e. The Bertz CT molecular complexity index is 377. The summed E-state index contributed by atoms with van der Waals surface area (Å²) in [4.78, 5) is 0.670. The molecule has 0 aliphatic heterocycles. The van der Waals surface area contributed by atoms with E-state index in [1.54, 1.807) is 12.1 Å². The van der Waals surface area contributed by atoms with Gasteiger partial charge in [-0.1, -0.05) is 19.9 Å². The topological polar surface area (TPSA) is 12.0 Å². The van der Waals surface area contributed by atoms with Gasteiger partial charge in [0.25, 0.3) is 0 Å². The van der Waals surface area contributed by atoms with Crippen molar-refractivity contribution in [3.63, 3.8) is 0 Å². The molecule has 0 saturated carbocycles. The van der Waals surface area contributed by atoms with Gasteiger partial charge in [-0.25, -0.2) is 0 Å². The predicted molar refractivity (Wildman–Crippen MR) is 69.8 cm³/mol. The van der Waals surface area contributed by atoms with E-state index in [4.69, 9.17) is 0 Å². The first kappa shape index (κ1) is 15.4. The molecule has 0 unspecified atom stereocenters. The minimum absolute atomic E-state index is 0.264. The second-order valence-electron chi connectivity index (χ2n) is 3.93. The second-order valence-corrected chi connectivity index (χ2v) is 5.26. The Morgan fingerprint density at radius 1 is 1.22 bits per heavy atom. The zero-order valence-electron chi connectivity index (χ0n) is 10.6. The van der Waals surface area contributed by atoms with Gasteiger partial charge < -0.3 is 5.32 Å². The molecule has 5 heteroatoms. The lowest BCUT2D eigenvalue weighted by molar-refractivity contribution is -0.138. The van der Waals surface area contributed by atoms with Crippen LogP contribution in [0, 0.1) is 0 Å². The van der Waals surface area contributed by atoms with Crippen LogP contribution in [0.15, 0.2) is 23.1 Å². The van der Waals surface area contributed by atoms with Gasteiger partial charge in [-0.05, 0) is 36.4 Å². The van der Waals surface area contributed by atoms with Crippen molar-refractivity contribution in [3.8, 4) is 0 Å². The molecule has 18 heavy (non-hydrogen) atoms. The average Bonchev–Trinajstić information content (AvgIpc) is 2.30. The molecule has 0 aliphatic rings. The maximum absolute atomic E-state index is 12.9. The van der Waals surface area contributed by atoms with E-state index in [0.717, 1.165) is 18.7 Å². The summed E-state index contributed by atoms with van der Waals surface area (Å²) in [5, 5.41) is 3.01. The van der Waals surface area contributed by atoms with Crippen LogP contribution in [0.5, 0.6) is 0 Å². The van der Waals surface area contributed by atoms with Gasteiger partial charge in [-0.3, -0.25) is 0 Å². The Labute approximate surface area is 110 Å². The fourth-order valence-electron chi connectivity index (χ4n) is 1.63. The van der Waals surface area contributed by atoms with E-state index in [1.807, 2.05) is 13.8 Å². The Morgan fingerprint density at radius 2 is 1.94 bits per heavy atom. The molecule has 0 heterocycles. The number of alkyl halides is 3. The van der Waals surface area contributed by atoms with E-state index in [2.05, 4.69) is 5.32 Å². The molecule has 1 aromatic rings. The fourth-order valence-corrected chi connectivity index (χ4v) is 2.33. The second kappa shape index (κ2) is 7.04. The number of thioether (sulfide) groups is 1. The minimum Gasteiger partial charge on any atom is -0.313 e. The number of hydrogen-bond donors (Lipinski definition) is 1. The number of halogens is 3. The molecule has 1 aromatic carbocycles. The molecule has 0 atom stereocenters. The van der Waals surface area contributed by atoms with Gasteiger partial charge in [0, 0.05) is 11.4 Å². The third kappa shape index (κ3) is 4.53. The first-order chi connectivity index (χ1) is 8.49. The lowest BCUT2D eigenvalue weighted by Crippen LogP contribution is -2.18. The van der Waals surface area contributed by atoms with Gasteiger partial charge >= 0.3 is 6.18 Å². The summed E-state index contributed by atoms with van der Waals surface area (Å²) in [7, 11) is 0. The van der Waals surface area contributed by atoms with E-state index in [0.29, 0.717) is 10.5 Å². The van der Waals surface area contributed by atoms with Crippen molar-refractivity contribution in [1.82, 2.24) is 5.32 Å². The molecule has 0 radical (unpaired) electrons. The van der Waals surface area contributed by atoms with Crippen molar-refractivity contribution in [2.45, 2.75) is 37.9 Å². The van der Waals surface area contributed by atoms with Gasteiger partial charge in [0.15, 0.2) is 0 Å². The molecule has 0 amide bonds. The van der Waals surface area contributed by atoms with Gasteiger partial charge in [0.05, 0.1) is 5.56 Å². The standard InChI is InChI=1S/C13H18F3NS/c1-3-7-17-9-10-5-6-11(18-4-2)8-12(10)13(14,15)16/h5-6,8,17H,3-4,7,9H2,1-2H3. The minimum atomic E-state index is -4.28. The maximum atomic E-state index is 12.9. The van der Waals surface area contributed by atoms with E-state index >= 15 is 0 Å². The number of benzene rings is 1. The van der Waals surface area contributed by atoms with Crippen LogP contribution in [0.1, 0.15) is 31.4 Å². The van der Waals surface area contributed by atoms with Crippen LogP contribution < -0.4 is 5.32 Å². The number of rotatable bonds is 6. The monoisotopic (exact) mass is 277 g/mol. The molecule has 1 N–H and O–H groups in total. The van der Waals surface area contributed by atoms with Gasteiger partial charge in [-0.15, -0.1) is 11.8 Å². The summed E-state index contributed by atoms with van der Waals surface area (Å²) in [6.45, 7) is 4.90. The Hall–Kier alpha value is -0.680. The fraction of sp³-hybridized carbons (Fsp3) is 0.538. The molecule has 102 valence electrons. The Balaban J connectivity index is 2.94. The van der Waals surface area contributed by atoms with Crippen LogP contribution in [0.3, 0.4) is 0 Å². The van der Waals surface area contributed by atoms with Gasteiger partial charge in [0.1, 0.15) is 0 Å². The van der Waals surface area contributed by atoms with Gasteiger partial charge in [0.2, 0.25) is 0 Å². The van der Waals surface area contributed by atoms with Crippen LogP contribution in [0.2, 0.25) is 0 Å². The van der Waals surface area contributed by atoms with Crippen molar-refractivity contribution in [3.05, 3.63) is 29.3 Å². The molecule has 0 spiro atoms. The zero-order chi connectivity index (χ0) is 13.6. The van der Waals surface area contributed by atoms with Crippen molar-refractivity contribution in [1.29, 1.82) is 0 Å². The Kier molecular flexibility index (Phi) is 6.02. The normalized spacial score (nSPS) is 11.8. The zero-order valence-corrected chi connectivity index (χ0v) is 11.4. The van der Waals surface area contributed by atoms with E-state index in [1.165, 1.54) is 17.8 Å². The quantitative estimate of drug-likeness (QED) is 0.614. The SMILES string of the molecule is CCCNCc1ccc(SCC)cc1C(F)(F)F.